The molecular formula is C59H75BN2. The second kappa shape index (κ2) is 13.2. The number of fused-ring (bicyclic) bond motifs is 6. The molecule has 0 saturated carbocycles. The van der Waals surface area contributed by atoms with Crippen LogP contribution in [0.1, 0.15) is 187 Å². The van der Waals surface area contributed by atoms with Crippen LogP contribution in [-0.4, -0.2) is 6.71 Å². The first-order valence-electron chi connectivity index (χ1n) is 23.8. The van der Waals surface area contributed by atoms with Crippen LogP contribution < -0.4 is 26.2 Å². The molecule has 2 nitrogen and oxygen atoms in total. The molecule has 0 atom stereocenters. The number of benzene rings is 5. The van der Waals surface area contributed by atoms with E-state index in [0.29, 0.717) is 0 Å². The van der Waals surface area contributed by atoms with Crippen molar-refractivity contribution in [3.8, 4) is 0 Å². The Balaban J connectivity index is 1.46. The van der Waals surface area contributed by atoms with Gasteiger partial charge in [0.05, 0.1) is 0 Å². The molecule has 0 spiro atoms. The molecule has 0 amide bonds. The van der Waals surface area contributed by atoms with Gasteiger partial charge in [-0.2, -0.15) is 0 Å². The summed E-state index contributed by atoms with van der Waals surface area (Å²) in [7, 11) is 0. The highest BCUT2D eigenvalue weighted by atomic mass is 15.2. The molecule has 0 bridgehead atoms. The molecule has 5 aromatic rings. The van der Waals surface area contributed by atoms with E-state index in [2.05, 4.69) is 214 Å². The Morgan fingerprint density at radius 2 is 0.823 bits per heavy atom. The zero-order valence-corrected chi connectivity index (χ0v) is 42.0. The maximum Gasteiger partial charge on any atom is 0.252 e. The van der Waals surface area contributed by atoms with Gasteiger partial charge in [0.1, 0.15) is 0 Å². The van der Waals surface area contributed by atoms with Crippen LogP contribution in [0, 0.1) is 13.8 Å². The Kier molecular flexibility index (Phi) is 9.14. The smallest absolute Gasteiger partial charge is 0.252 e. The molecule has 0 saturated heterocycles. The molecule has 62 heavy (non-hydrogen) atoms. The minimum Gasteiger partial charge on any atom is -0.311 e. The van der Waals surface area contributed by atoms with Gasteiger partial charge in [-0.25, -0.2) is 0 Å². The van der Waals surface area contributed by atoms with Gasteiger partial charge in [-0.3, -0.25) is 0 Å². The summed E-state index contributed by atoms with van der Waals surface area (Å²) >= 11 is 0. The molecule has 324 valence electrons. The largest absolute Gasteiger partial charge is 0.311 e. The zero-order valence-electron chi connectivity index (χ0n) is 42.0. The summed E-state index contributed by atoms with van der Waals surface area (Å²) < 4.78 is 0. The van der Waals surface area contributed by atoms with Crippen molar-refractivity contribution in [2.24, 2.45) is 0 Å². The first-order chi connectivity index (χ1) is 28.4. The molecule has 9 rings (SSSR count). The number of aryl methyl sites for hydroxylation is 2. The Bertz CT molecular complexity index is 2700. The van der Waals surface area contributed by atoms with Gasteiger partial charge in [0, 0.05) is 34.1 Å². The lowest BCUT2D eigenvalue weighted by Crippen LogP contribution is -2.62. The van der Waals surface area contributed by atoms with Crippen molar-refractivity contribution in [3.63, 3.8) is 0 Å². The molecule has 3 heteroatoms. The first kappa shape index (κ1) is 43.0. The minimum atomic E-state index is -0.0851. The molecule has 0 fully saturated rings. The zero-order chi connectivity index (χ0) is 45.2. The molecule has 2 heterocycles. The van der Waals surface area contributed by atoms with Crippen LogP contribution in [0.4, 0.5) is 34.1 Å². The lowest BCUT2D eigenvalue weighted by Gasteiger charge is -2.48. The van der Waals surface area contributed by atoms with E-state index in [4.69, 9.17) is 0 Å². The summed E-state index contributed by atoms with van der Waals surface area (Å²) in [5.74, 6) is 0. The van der Waals surface area contributed by atoms with Gasteiger partial charge >= 0.3 is 0 Å². The van der Waals surface area contributed by atoms with E-state index >= 15 is 0 Å². The van der Waals surface area contributed by atoms with Crippen LogP contribution in [0.5, 0.6) is 0 Å². The summed E-state index contributed by atoms with van der Waals surface area (Å²) in [6, 6.07) is 30.5. The third kappa shape index (κ3) is 6.47. The van der Waals surface area contributed by atoms with Crippen molar-refractivity contribution in [2.45, 2.75) is 189 Å². The Morgan fingerprint density at radius 3 is 1.37 bits per heavy atom. The van der Waals surface area contributed by atoms with Gasteiger partial charge < -0.3 is 9.80 Å². The van der Waals surface area contributed by atoms with Crippen LogP contribution in [-0.2, 0) is 37.9 Å². The van der Waals surface area contributed by atoms with Crippen LogP contribution >= 0.6 is 0 Å². The normalized spacial score (nSPS) is 19.1. The van der Waals surface area contributed by atoms with Gasteiger partial charge in [0.15, 0.2) is 0 Å². The van der Waals surface area contributed by atoms with Gasteiger partial charge in [0.25, 0.3) is 6.71 Å². The molecule has 2 aliphatic heterocycles. The topological polar surface area (TPSA) is 6.48 Å². The van der Waals surface area contributed by atoms with E-state index in [1.165, 1.54) is 113 Å². The summed E-state index contributed by atoms with van der Waals surface area (Å²) in [6.07, 6.45) is 3.53. The second-order valence-electron chi connectivity index (χ2n) is 25.9. The van der Waals surface area contributed by atoms with Crippen molar-refractivity contribution < 1.29 is 0 Å². The van der Waals surface area contributed by atoms with Crippen molar-refractivity contribution in [1.29, 1.82) is 0 Å². The van der Waals surface area contributed by atoms with E-state index in [9.17, 15) is 0 Å². The Hall–Kier alpha value is -4.24. The molecule has 0 radical (unpaired) electrons. The molecule has 4 aliphatic rings. The van der Waals surface area contributed by atoms with Crippen molar-refractivity contribution in [3.05, 3.63) is 123 Å². The van der Waals surface area contributed by atoms with Gasteiger partial charge in [0.2, 0.25) is 0 Å². The van der Waals surface area contributed by atoms with Crippen LogP contribution in [0.15, 0.2) is 72.8 Å². The van der Waals surface area contributed by atoms with Gasteiger partial charge in [-0.1, -0.05) is 154 Å². The highest BCUT2D eigenvalue weighted by Gasteiger charge is 2.49. The average molecular weight is 823 g/mol. The lowest BCUT2D eigenvalue weighted by molar-refractivity contribution is 0.332. The third-order valence-electron chi connectivity index (χ3n) is 16.0. The number of hydrogen-bond acceptors (Lipinski definition) is 2. The predicted octanol–water partition coefficient (Wildman–Crippen LogP) is 14.6. The monoisotopic (exact) mass is 823 g/mol. The summed E-state index contributed by atoms with van der Waals surface area (Å²) in [5.41, 5.74) is 25.3. The van der Waals surface area contributed by atoms with Crippen molar-refractivity contribution in [1.82, 2.24) is 0 Å². The maximum absolute atomic E-state index is 2.75. The van der Waals surface area contributed by atoms with Gasteiger partial charge in [-0.15, -0.1) is 0 Å². The second-order valence-corrected chi connectivity index (χ2v) is 25.9. The van der Waals surface area contributed by atoms with Crippen LogP contribution in [0.3, 0.4) is 0 Å². The van der Waals surface area contributed by atoms with E-state index in [1.807, 2.05) is 0 Å². The van der Waals surface area contributed by atoms with E-state index < -0.39 is 0 Å². The molecule has 0 aromatic heterocycles. The molecule has 5 aromatic carbocycles. The molecule has 0 unspecified atom stereocenters. The SMILES string of the molecule is Cc1cc(C(C)(C)C)ccc1N1c2cc(C(C)(C)C)ccc2B2c3cc4c(cc3N(c3cc5c(cc3C)C(C)(C)CC5(C)C)c3cc(C(C)(C)C)cc1c32)C(C)(C)CCC4(C)C. The summed E-state index contributed by atoms with van der Waals surface area (Å²) in [6.45, 7) is 45.9. The molecule has 0 N–H and O–H groups in total. The van der Waals surface area contributed by atoms with Crippen LogP contribution in [0.2, 0.25) is 0 Å². The van der Waals surface area contributed by atoms with Crippen molar-refractivity contribution in [2.75, 3.05) is 9.80 Å². The van der Waals surface area contributed by atoms with Crippen molar-refractivity contribution >= 4 is 57.2 Å². The number of nitrogens with zero attached hydrogens (tertiary/aromatic N) is 2. The van der Waals surface area contributed by atoms with E-state index in [1.54, 1.807) is 0 Å². The molecular weight excluding hydrogens is 747 g/mol. The minimum absolute atomic E-state index is 0.00603. The average Bonchev–Trinajstić information content (AvgIpc) is 3.32. The fourth-order valence-corrected chi connectivity index (χ4v) is 12.2. The number of anilines is 6. The summed E-state index contributed by atoms with van der Waals surface area (Å²) in [5, 5.41) is 0. The van der Waals surface area contributed by atoms with Gasteiger partial charge in [-0.05, 0) is 174 Å². The quantitative estimate of drug-likeness (QED) is 0.160. The standard InChI is InChI=1S/C59H75BN2/c1-35-26-37(53(3,4)5)21-23-46(35)61-48-28-38(54(6,7)8)20-22-44(48)60-45-31-41-42(57(14,15)25-24-56(41,12)13)33-49(45)62(51-30-39(55(9,10)11)29-50(61)52(51)60)47-32-43-40(27-36(47)2)58(16,17)34-59(43,18)19/h20-23,26-33H,24-25,34H2,1-19H3. The number of rotatable bonds is 2. The third-order valence-corrected chi connectivity index (χ3v) is 16.0. The maximum atomic E-state index is 2.75. The lowest BCUT2D eigenvalue weighted by atomic mass is 9.33. The first-order valence-corrected chi connectivity index (χ1v) is 23.8. The number of hydrogen-bond donors (Lipinski definition) is 0. The summed E-state index contributed by atoms with van der Waals surface area (Å²) in [4.78, 5) is 5.42. The fourth-order valence-electron chi connectivity index (χ4n) is 12.2. The fraction of sp³-hybridized carbons (Fsp3) is 0.492. The van der Waals surface area contributed by atoms with E-state index in [0.717, 1.165) is 6.42 Å². The molecule has 2 aliphatic carbocycles. The van der Waals surface area contributed by atoms with E-state index in [-0.39, 0.29) is 44.6 Å². The highest BCUT2D eigenvalue weighted by Crippen LogP contribution is 2.55. The predicted molar refractivity (Wildman–Crippen MR) is 272 cm³/mol. The highest BCUT2D eigenvalue weighted by molar-refractivity contribution is 7.00. The van der Waals surface area contributed by atoms with Crippen LogP contribution in [0.25, 0.3) is 0 Å². The Labute approximate surface area is 377 Å². The Morgan fingerprint density at radius 1 is 0.403 bits per heavy atom.